The molecule has 0 spiro atoms. The van der Waals surface area contributed by atoms with E-state index < -0.39 is 0 Å². The van der Waals surface area contributed by atoms with Gasteiger partial charge in [0.2, 0.25) is 5.78 Å². The molecule has 0 fully saturated rings. The Morgan fingerprint density at radius 1 is 1.40 bits per heavy atom. The van der Waals surface area contributed by atoms with E-state index >= 15 is 0 Å². The lowest BCUT2D eigenvalue weighted by molar-refractivity contribution is 0.0898. The van der Waals surface area contributed by atoms with E-state index in [2.05, 4.69) is 18.1 Å². The largest absolute Gasteiger partial charge is 0.453 e. The van der Waals surface area contributed by atoms with Gasteiger partial charge in [-0.2, -0.15) is 11.8 Å². The van der Waals surface area contributed by atoms with E-state index in [1.807, 2.05) is 49.1 Å². The number of benzene rings is 1. The van der Waals surface area contributed by atoms with Gasteiger partial charge >= 0.3 is 0 Å². The smallest absolute Gasteiger partial charge is 0.211 e. The summed E-state index contributed by atoms with van der Waals surface area (Å²) in [7, 11) is 1.99. The van der Waals surface area contributed by atoms with Gasteiger partial charge in [-0.3, -0.25) is 9.69 Å². The van der Waals surface area contributed by atoms with Gasteiger partial charge in [0, 0.05) is 11.4 Å². The highest BCUT2D eigenvalue weighted by atomic mass is 32.2. The molecule has 0 saturated carbocycles. The fraction of sp³-hybridized carbons (Fsp3) is 0.438. The third-order valence-corrected chi connectivity index (χ3v) is 4.23. The van der Waals surface area contributed by atoms with E-state index in [4.69, 9.17) is 4.42 Å². The first-order chi connectivity index (χ1) is 9.61. The van der Waals surface area contributed by atoms with Crippen molar-refractivity contribution in [3.63, 3.8) is 0 Å². The minimum atomic E-state index is 0.0414. The van der Waals surface area contributed by atoms with E-state index in [0.717, 1.165) is 23.1 Å². The number of likely N-dealkylation sites (N-methyl/N-ethyl adjacent to an activating group) is 1. The predicted octanol–water partition coefficient (Wildman–Crippen LogP) is 3.69. The number of nitrogens with zero attached hydrogens (tertiary/aromatic N) is 1. The van der Waals surface area contributed by atoms with E-state index in [-0.39, 0.29) is 5.78 Å². The number of hydrogen-bond donors (Lipinski definition) is 0. The Kier molecular flexibility index (Phi) is 5.26. The quantitative estimate of drug-likeness (QED) is 0.729. The summed E-state index contributed by atoms with van der Waals surface area (Å²) < 4.78 is 5.61. The average molecular weight is 291 g/mol. The zero-order chi connectivity index (χ0) is 14.5. The number of thioether (sulfide) groups is 1. The number of fused-ring (bicyclic) bond motifs is 1. The Hall–Kier alpha value is -1.26. The zero-order valence-corrected chi connectivity index (χ0v) is 13.1. The molecule has 0 aliphatic heterocycles. The van der Waals surface area contributed by atoms with Crippen molar-refractivity contribution in [3.8, 4) is 0 Å². The second kappa shape index (κ2) is 6.95. The molecule has 0 amide bonds. The zero-order valence-electron chi connectivity index (χ0n) is 12.3. The summed E-state index contributed by atoms with van der Waals surface area (Å²) in [6.07, 6.45) is 3.19. The third kappa shape index (κ3) is 3.64. The number of hydrogen-bond acceptors (Lipinski definition) is 4. The van der Waals surface area contributed by atoms with Gasteiger partial charge in [0.25, 0.3) is 0 Å². The number of furan rings is 1. The van der Waals surface area contributed by atoms with Crippen molar-refractivity contribution in [3.05, 3.63) is 36.1 Å². The van der Waals surface area contributed by atoms with Crippen molar-refractivity contribution in [1.82, 2.24) is 4.90 Å². The van der Waals surface area contributed by atoms with Gasteiger partial charge < -0.3 is 4.42 Å². The van der Waals surface area contributed by atoms with Gasteiger partial charge in [-0.05, 0) is 44.5 Å². The van der Waals surface area contributed by atoms with Crippen molar-refractivity contribution in [2.24, 2.45) is 0 Å². The lowest BCUT2D eigenvalue weighted by Crippen LogP contribution is -2.34. The summed E-state index contributed by atoms with van der Waals surface area (Å²) in [6.45, 7) is 2.55. The summed E-state index contributed by atoms with van der Waals surface area (Å²) in [5.74, 6) is 1.61. The van der Waals surface area contributed by atoms with Crippen molar-refractivity contribution < 1.29 is 9.21 Å². The maximum atomic E-state index is 12.3. The summed E-state index contributed by atoms with van der Waals surface area (Å²) in [4.78, 5) is 14.4. The van der Waals surface area contributed by atoms with Gasteiger partial charge in [-0.1, -0.05) is 18.2 Å². The van der Waals surface area contributed by atoms with Crippen LogP contribution in [0.1, 0.15) is 23.9 Å². The average Bonchev–Trinajstić information content (AvgIpc) is 2.88. The predicted molar refractivity (Wildman–Crippen MR) is 85.6 cm³/mol. The highest BCUT2D eigenvalue weighted by Gasteiger charge is 2.17. The van der Waals surface area contributed by atoms with Crippen LogP contribution >= 0.6 is 11.8 Å². The molecule has 0 aliphatic carbocycles. The molecule has 0 N–H and O–H groups in total. The fourth-order valence-corrected chi connectivity index (χ4v) is 2.67. The number of carbonyl (C=O) groups is 1. The van der Waals surface area contributed by atoms with E-state index in [1.54, 1.807) is 0 Å². The van der Waals surface area contributed by atoms with Crippen LogP contribution in [0.25, 0.3) is 11.0 Å². The van der Waals surface area contributed by atoms with Crippen LogP contribution < -0.4 is 0 Å². The fourth-order valence-electron chi connectivity index (χ4n) is 2.09. The van der Waals surface area contributed by atoms with Crippen molar-refractivity contribution in [1.29, 1.82) is 0 Å². The van der Waals surface area contributed by atoms with Gasteiger partial charge in [0.1, 0.15) is 5.58 Å². The van der Waals surface area contributed by atoms with Crippen LogP contribution in [0, 0.1) is 0 Å². The molecule has 2 aromatic rings. The Morgan fingerprint density at radius 2 is 2.15 bits per heavy atom. The Bertz CT molecular complexity index is 546. The van der Waals surface area contributed by atoms with E-state index in [9.17, 15) is 4.79 Å². The minimum Gasteiger partial charge on any atom is -0.453 e. The Morgan fingerprint density at radius 3 is 2.85 bits per heavy atom. The van der Waals surface area contributed by atoms with Crippen molar-refractivity contribution in [2.45, 2.75) is 19.4 Å². The number of carbonyl (C=O) groups excluding carboxylic acids is 1. The van der Waals surface area contributed by atoms with Crippen LogP contribution in [-0.2, 0) is 0 Å². The molecular formula is C16H21NO2S. The first kappa shape index (κ1) is 15.1. The summed E-state index contributed by atoms with van der Waals surface area (Å²) >= 11 is 1.84. The van der Waals surface area contributed by atoms with Gasteiger partial charge in [0.05, 0.1) is 6.54 Å². The van der Waals surface area contributed by atoms with Gasteiger partial charge in [-0.15, -0.1) is 0 Å². The summed E-state index contributed by atoms with van der Waals surface area (Å²) in [5.41, 5.74) is 0.772. The first-order valence-electron chi connectivity index (χ1n) is 6.82. The maximum Gasteiger partial charge on any atom is 0.211 e. The number of para-hydroxylation sites is 1. The number of rotatable bonds is 7. The van der Waals surface area contributed by atoms with Crippen LogP contribution in [-0.4, -0.2) is 42.3 Å². The maximum absolute atomic E-state index is 12.3. The molecule has 0 radical (unpaired) electrons. The van der Waals surface area contributed by atoms with Crippen LogP contribution in [0.2, 0.25) is 0 Å². The van der Waals surface area contributed by atoms with Gasteiger partial charge in [0.15, 0.2) is 5.76 Å². The molecule has 1 aromatic heterocycles. The molecule has 3 nitrogen and oxygen atoms in total. The van der Waals surface area contributed by atoms with Crippen molar-refractivity contribution >= 4 is 28.5 Å². The van der Waals surface area contributed by atoms with Crippen LogP contribution in [0.4, 0.5) is 0 Å². The molecule has 4 heteroatoms. The highest BCUT2D eigenvalue weighted by Crippen LogP contribution is 2.19. The SMILES string of the molecule is CSCCC(C)N(C)CC(=O)c1cc2ccccc2o1. The molecule has 1 heterocycles. The Balaban J connectivity index is 2.00. The topological polar surface area (TPSA) is 33.5 Å². The second-order valence-corrected chi connectivity index (χ2v) is 6.10. The summed E-state index contributed by atoms with van der Waals surface area (Å²) in [5, 5.41) is 0.980. The standard InChI is InChI=1S/C16H21NO2S/c1-12(8-9-20-3)17(2)11-14(18)16-10-13-6-4-5-7-15(13)19-16/h4-7,10,12H,8-9,11H2,1-3H3. The highest BCUT2D eigenvalue weighted by molar-refractivity contribution is 7.98. The molecule has 108 valence electrons. The number of Topliss-reactive ketones (excluding diaryl/α,β-unsaturated/α-hetero) is 1. The first-order valence-corrected chi connectivity index (χ1v) is 8.22. The third-order valence-electron chi connectivity index (χ3n) is 3.59. The molecule has 1 atom stereocenters. The Labute approximate surface area is 124 Å². The summed E-state index contributed by atoms with van der Waals surface area (Å²) in [6, 6.07) is 9.94. The molecule has 1 unspecified atom stereocenters. The molecule has 0 aliphatic rings. The molecule has 0 bridgehead atoms. The molecule has 1 aromatic carbocycles. The van der Waals surface area contributed by atoms with Gasteiger partial charge in [-0.25, -0.2) is 0 Å². The lowest BCUT2D eigenvalue weighted by Gasteiger charge is -2.23. The van der Waals surface area contributed by atoms with Crippen LogP contribution in [0.5, 0.6) is 0 Å². The van der Waals surface area contributed by atoms with Crippen LogP contribution in [0.15, 0.2) is 34.7 Å². The lowest BCUT2D eigenvalue weighted by atomic mass is 10.2. The minimum absolute atomic E-state index is 0.0414. The van der Waals surface area contributed by atoms with Crippen LogP contribution in [0.3, 0.4) is 0 Å². The van der Waals surface area contributed by atoms with Crippen molar-refractivity contribution in [2.75, 3.05) is 25.6 Å². The molecule has 20 heavy (non-hydrogen) atoms. The number of ketones is 1. The molecular weight excluding hydrogens is 270 g/mol. The van der Waals surface area contributed by atoms with E-state index in [0.29, 0.717) is 18.3 Å². The molecule has 0 saturated heterocycles. The van der Waals surface area contributed by atoms with E-state index in [1.165, 1.54) is 0 Å². The second-order valence-electron chi connectivity index (χ2n) is 5.12. The normalized spacial score (nSPS) is 13.0. The molecule has 2 rings (SSSR count). The monoisotopic (exact) mass is 291 g/mol.